The Morgan fingerprint density at radius 1 is 1.11 bits per heavy atom. The molecule has 1 atom stereocenters. The summed E-state index contributed by atoms with van der Waals surface area (Å²) >= 11 is 0. The van der Waals surface area contributed by atoms with Crippen molar-refractivity contribution in [2.24, 2.45) is 11.8 Å². The van der Waals surface area contributed by atoms with E-state index in [2.05, 4.69) is 52.1 Å². The van der Waals surface area contributed by atoms with Crippen LogP contribution in [-0.4, -0.2) is 59.0 Å². The summed E-state index contributed by atoms with van der Waals surface area (Å²) in [6.45, 7) is 9.67. The van der Waals surface area contributed by atoms with Gasteiger partial charge >= 0.3 is 0 Å². The van der Waals surface area contributed by atoms with E-state index in [-0.39, 0.29) is 5.92 Å². The highest BCUT2D eigenvalue weighted by Gasteiger charge is 2.33. The highest BCUT2D eigenvalue weighted by molar-refractivity contribution is 5.79. The molecule has 0 aromatic carbocycles. The quantitative estimate of drug-likeness (QED) is 0.819. The summed E-state index contributed by atoms with van der Waals surface area (Å²) in [6.07, 6.45) is 7.10. The Morgan fingerprint density at radius 2 is 1.82 bits per heavy atom. The van der Waals surface area contributed by atoms with Crippen LogP contribution in [0.3, 0.4) is 0 Å². The topological polar surface area (TPSA) is 48.5 Å². The number of nitrogens with one attached hydrogen (secondary N) is 1. The first-order valence-electron chi connectivity index (χ1n) is 11.3. The van der Waals surface area contributed by atoms with E-state index in [4.69, 9.17) is 0 Å². The van der Waals surface area contributed by atoms with Crippen LogP contribution in [0.5, 0.6) is 0 Å². The van der Waals surface area contributed by atoms with E-state index in [1.54, 1.807) is 0 Å². The molecule has 154 valence electrons. The van der Waals surface area contributed by atoms with Crippen molar-refractivity contribution in [1.82, 2.24) is 20.1 Å². The number of aromatic nitrogens is 1. The van der Waals surface area contributed by atoms with E-state index in [1.807, 2.05) is 0 Å². The van der Waals surface area contributed by atoms with E-state index >= 15 is 0 Å². The molecule has 1 amide bonds. The summed E-state index contributed by atoms with van der Waals surface area (Å²) in [5.74, 6) is 1.27. The van der Waals surface area contributed by atoms with Crippen molar-refractivity contribution in [3.8, 4) is 0 Å². The zero-order chi connectivity index (χ0) is 19.5. The number of carbonyl (C=O) groups is 1. The second kappa shape index (κ2) is 8.91. The lowest BCUT2D eigenvalue weighted by Gasteiger charge is -2.41. The molecule has 1 saturated carbocycles. The fourth-order valence-corrected chi connectivity index (χ4v) is 4.94. The van der Waals surface area contributed by atoms with Crippen molar-refractivity contribution in [1.29, 1.82) is 0 Å². The second-order valence-corrected chi connectivity index (χ2v) is 9.22. The minimum absolute atomic E-state index is 0.227. The van der Waals surface area contributed by atoms with Gasteiger partial charge in [0.05, 0.1) is 5.69 Å². The summed E-state index contributed by atoms with van der Waals surface area (Å²) in [5, 5.41) is 3.27. The molecule has 4 rings (SSSR count). The lowest BCUT2D eigenvalue weighted by molar-refractivity contribution is -0.127. The van der Waals surface area contributed by atoms with Gasteiger partial charge in [0, 0.05) is 43.3 Å². The summed E-state index contributed by atoms with van der Waals surface area (Å²) in [5.41, 5.74) is 2.29. The summed E-state index contributed by atoms with van der Waals surface area (Å²) in [7, 11) is 0. The fraction of sp³-hybridized carbons (Fsp3) is 0.739. The molecule has 3 heterocycles. The van der Waals surface area contributed by atoms with Gasteiger partial charge in [-0.3, -0.25) is 14.7 Å². The highest BCUT2D eigenvalue weighted by Crippen LogP contribution is 2.33. The molecule has 1 N–H and O–H groups in total. The van der Waals surface area contributed by atoms with Gasteiger partial charge in [-0.1, -0.05) is 6.07 Å². The molecule has 0 radical (unpaired) electrons. The van der Waals surface area contributed by atoms with E-state index in [0.717, 1.165) is 57.2 Å². The SMILES string of the molecule is Cc1cccc(CN2CCC(N3CCC(C(=O)NC(C)C4CC4)CC3)CC2)n1. The van der Waals surface area contributed by atoms with Gasteiger partial charge in [0.15, 0.2) is 0 Å². The highest BCUT2D eigenvalue weighted by atomic mass is 16.1. The van der Waals surface area contributed by atoms with Gasteiger partial charge in [-0.25, -0.2) is 0 Å². The Balaban J connectivity index is 1.18. The largest absolute Gasteiger partial charge is 0.353 e. The molecule has 5 nitrogen and oxygen atoms in total. The van der Waals surface area contributed by atoms with E-state index in [1.165, 1.54) is 31.4 Å². The standard InChI is InChI=1S/C23H36N4O/c1-17-4-3-5-21(24-17)16-26-12-10-22(11-13-26)27-14-8-20(9-15-27)23(28)25-18(2)19-6-7-19/h3-5,18-20,22H,6-16H2,1-2H3,(H,25,28). The lowest BCUT2D eigenvalue weighted by atomic mass is 9.92. The Hall–Kier alpha value is -1.46. The first kappa shape index (κ1) is 19.8. The van der Waals surface area contributed by atoms with Gasteiger partial charge in [0.1, 0.15) is 0 Å². The van der Waals surface area contributed by atoms with Gasteiger partial charge in [0.25, 0.3) is 0 Å². The van der Waals surface area contributed by atoms with Gasteiger partial charge in [-0.15, -0.1) is 0 Å². The molecule has 3 aliphatic rings. The molecule has 5 heteroatoms. The molecule has 2 aliphatic heterocycles. The molecule has 1 aliphatic carbocycles. The minimum atomic E-state index is 0.227. The summed E-state index contributed by atoms with van der Waals surface area (Å²) in [4.78, 5) is 22.4. The van der Waals surface area contributed by atoms with E-state index < -0.39 is 0 Å². The van der Waals surface area contributed by atoms with E-state index in [0.29, 0.717) is 18.0 Å². The fourth-order valence-electron chi connectivity index (χ4n) is 4.94. The van der Waals surface area contributed by atoms with Crippen molar-refractivity contribution < 1.29 is 4.79 Å². The number of carbonyl (C=O) groups excluding carboxylic acids is 1. The van der Waals surface area contributed by atoms with Crippen LogP contribution in [0.2, 0.25) is 0 Å². The Labute approximate surface area is 169 Å². The van der Waals surface area contributed by atoms with Crippen molar-refractivity contribution in [3.63, 3.8) is 0 Å². The van der Waals surface area contributed by atoms with Gasteiger partial charge in [-0.05, 0) is 83.5 Å². The van der Waals surface area contributed by atoms with Gasteiger partial charge in [0.2, 0.25) is 5.91 Å². The van der Waals surface area contributed by atoms with Gasteiger partial charge < -0.3 is 10.2 Å². The zero-order valence-electron chi connectivity index (χ0n) is 17.6. The number of piperidine rings is 2. The molecule has 2 saturated heterocycles. The van der Waals surface area contributed by atoms with Crippen LogP contribution in [0.1, 0.15) is 56.8 Å². The van der Waals surface area contributed by atoms with Crippen LogP contribution in [0.4, 0.5) is 0 Å². The number of rotatable bonds is 6. The normalized spacial score (nSPS) is 24.2. The molecule has 0 bridgehead atoms. The number of hydrogen-bond donors (Lipinski definition) is 1. The minimum Gasteiger partial charge on any atom is -0.353 e. The maximum absolute atomic E-state index is 12.5. The van der Waals surface area contributed by atoms with Crippen molar-refractivity contribution in [2.75, 3.05) is 26.2 Å². The molecule has 28 heavy (non-hydrogen) atoms. The average Bonchev–Trinajstić information content (AvgIpc) is 3.54. The third-order valence-corrected chi connectivity index (χ3v) is 7.00. The number of likely N-dealkylation sites (tertiary alicyclic amines) is 2. The van der Waals surface area contributed by atoms with Gasteiger partial charge in [-0.2, -0.15) is 0 Å². The maximum atomic E-state index is 12.5. The average molecular weight is 385 g/mol. The van der Waals surface area contributed by atoms with E-state index in [9.17, 15) is 4.79 Å². The van der Waals surface area contributed by atoms with Crippen molar-refractivity contribution in [2.45, 2.75) is 71.0 Å². The molecule has 0 spiro atoms. The number of aryl methyl sites for hydroxylation is 1. The molecule has 1 unspecified atom stereocenters. The summed E-state index contributed by atoms with van der Waals surface area (Å²) < 4.78 is 0. The van der Waals surface area contributed by atoms with Crippen molar-refractivity contribution in [3.05, 3.63) is 29.6 Å². The van der Waals surface area contributed by atoms with Crippen LogP contribution >= 0.6 is 0 Å². The maximum Gasteiger partial charge on any atom is 0.223 e. The molecular formula is C23H36N4O. The predicted molar refractivity (Wildman–Crippen MR) is 112 cm³/mol. The van der Waals surface area contributed by atoms with Crippen LogP contribution in [0.25, 0.3) is 0 Å². The third kappa shape index (κ3) is 5.12. The number of hydrogen-bond acceptors (Lipinski definition) is 4. The number of nitrogens with zero attached hydrogens (tertiary/aromatic N) is 3. The lowest BCUT2D eigenvalue weighted by Crippen LogP contribution is -2.49. The smallest absolute Gasteiger partial charge is 0.223 e. The zero-order valence-corrected chi connectivity index (χ0v) is 17.6. The predicted octanol–water partition coefficient (Wildman–Crippen LogP) is 2.98. The summed E-state index contributed by atoms with van der Waals surface area (Å²) in [6, 6.07) is 7.37. The molecule has 1 aromatic heterocycles. The Morgan fingerprint density at radius 3 is 2.46 bits per heavy atom. The Bertz CT molecular complexity index is 658. The van der Waals surface area contributed by atoms with Crippen LogP contribution < -0.4 is 5.32 Å². The van der Waals surface area contributed by atoms with Crippen molar-refractivity contribution >= 4 is 5.91 Å². The second-order valence-electron chi connectivity index (χ2n) is 9.22. The molecule has 1 aromatic rings. The number of amides is 1. The van der Waals surface area contributed by atoms with Crippen LogP contribution in [0, 0.1) is 18.8 Å². The third-order valence-electron chi connectivity index (χ3n) is 7.00. The Kier molecular flexibility index (Phi) is 6.32. The van der Waals surface area contributed by atoms with Crippen LogP contribution in [0.15, 0.2) is 18.2 Å². The first-order valence-corrected chi connectivity index (χ1v) is 11.3. The number of pyridine rings is 1. The molecule has 3 fully saturated rings. The first-order chi connectivity index (χ1) is 13.6. The molecular weight excluding hydrogens is 348 g/mol. The monoisotopic (exact) mass is 384 g/mol. The van der Waals surface area contributed by atoms with Crippen LogP contribution in [-0.2, 0) is 11.3 Å².